The van der Waals surface area contributed by atoms with Crippen molar-refractivity contribution in [2.75, 3.05) is 39.7 Å². The number of amides is 1. The Labute approximate surface area is 147 Å². The van der Waals surface area contributed by atoms with Gasteiger partial charge < -0.3 is 25.4 Å². The van der Waals surface area contributed by atoms with Gasteiger partial charge in [-0.3, -0.25) is 4.79 Å². The van der Waals surface area contributed by atoms with Gasteiger partial charge in [-0.05, 0) is 18.2 Å². The number of rotatable bonds is 8. The number of nitrogens with two attached hydrogens (primary N) is 1. The molecule has 0 aliphatic rings. The second-order valence-electron chi connectivity index (χ2n) is 5.33. The van der Waals surface area contributed by atoms with Crippen LogP contribution in [0.2, 0.25) is 0 Å². The number of nitrogens with one attached hydrogen (secondary N) is 1. The van der Waals surface area contributed by atoms with Crippen molar-refractivity contribution < 1.29 is 14.3 Å². The van der Waals surface area contributed by atoms with E-state index in [0.29, 0.717) is 42.7 Å². The molecule has 1 aromatic heterocycles. The molecular formula is C17H23N5O3. The Bertz CT molecular complexity index is 706. The summed E-state index contributed by atoms with van der Waals surface area (Å²) >= 11 is 0. The predicted octanol–water partition coefficient (Wildman–Crippen LogP) is 1.14. The molecule has 0 spiro atoms. The van der Waals surface area contributed by atoms with E-state index in [1.54, 1.807) is 56.7 Å². The number of carbonyl (C=O) groups excluding carboxylic acids is 1. The average Bonchev–Trinajstić information content (AvgIpc) is 2.66. The fourth-order valence-electron chi connectivity index (χ4n) is 2.22. The van der Waals surface area contributed by atoms with Crippen molar-refractivity contribution >= 4 is 11.9 Å². The van der Waals surface area contributed by atoms with Crippen LogP contribution in [0.5, 0.6) is 11.5 Å². The molecule has 0 saturated carbocycles. The highest BCUT2D eigenvalue weighted by Gasteiger charge is 2.15. The number of aromatic nitrogens is 2. The van der Waals surface area contributed by atoms with E-state index in [1.807, 2.05) is 0 Å². The van der Waals surface area contributed by atoms with E-state index in [2.05, 4.69) is 15.3 Å². The molecular weight excluding hydrogens is 322 g/mol. The normalized spacial score (nSPS) is 10.2. The van der Waals surface area contributed by atoms with Gasteiger partial charge in [0.25, 0.3) is 5.91 Å². The largest absolute Gasteiger partial charge is 0.493 e. The van der Waals surface area contributed by atoms with Crippen LogP contribution in [-0.4, -0.2) is 55.1 Å². The smallest absolute Gasteiger partial charge is 0.254 e. The number of benzene rings is 1. The van der Waals surface area contributed by atoms with Crippen molar-refractivity contribution in [1.82, 2.24) is 14.9 Å². The standard InChI is InChI=1S/C17H23N5O3/c1-19-17-20-9-12(10-21-17)11-22(2)16(23)13-4-5-14(24-3)15(8-13)25-7-6-18/h4-5,8-10H,6-7,11,18H2,1-3H3,(H,19,20,21). The quantitative estimate of drug-likeness (QED) is 0.739. The van der Waals surface area contributed by atoms with Crippen LogP contribution in [0.1, 0.15) is 15.9 Å². The number of nitrogens with zero attached hydrogens (tertiary/aromatic N) is 3. The summed E-state index contributed by atoms with van der Waals surface area (Å²) in [4.78, 5) is 22.5. The van der Waals surface area contributed by atoms with Gasteiger partial charge in [0.1, 0.15) is 6.61 Å². The highest BCUT2D eigenvalue weighted by molar-refractivity contribution is 5.94. The minimum atomic E-state index is -0.141. The Hall–Kier alpha value is -2.87. The van der Waals surface area contributed by atoms with Crippen molar-refractivity contribution in [2.45, 2.75) is 6.54 Å². The Balaban J connectivity index is 2.12. The van der Waals surface area contributed by atoms with Crippen molar-refractivity contribution in [3.8, 4) is 11.5 Å². The van der Waals surface area contributed by atoms with E-state index in [-0.39, 0.29) is 5.91 Å². The first-order valence-electron chi connectivity index (χ1n) is 7.84. The third-order valence-electron chi connectivity index (χ3n) is 3.48. The minimum Gasteiger partial charge on any atom is -0.493 e. The molecule has 2 aromatic rings. The number of methoxy groups -OCH3 is 1. The number of ether oxygens (including phenoxy) is 2. The van der Waals surface area contributed by atoms with Crippen LogP contribution >= 0.6 is 0 Å². The Kier molecular flexibility index (Phi) is 6.53. The molecule has 25 heavy (non-hydrogen) atoms. The zero-order chi connectivity index (χ0) is 18.2. The summed E-state index contributed by atoms with van der Waals surface area (Å²) in [5, 5.41) is 2.85. The van der Waals surface area contributed by atoms with E-state index in [0.717, 1.165) is 5.56 Å². The maximum absolute atomic E-state index is 12.6. The van der Waals surface area contributed by atoms with Crippen molar-refractivity contribution in [3.05, 3.63) is 41.7 Å². The van der Waals surface area contributed by atoms with Crippen molar-refractivity contribution in [1.29, 1.82) is 0 Å². The van der Waals surface area contributed by atoms with Gasteiger partial charge in [-0.15, -0.1) is 0 Å². The summed E-state index contributed by atoms with van der Waals surface area (Å²) in [5.74, 6) is 1.45. The lowest BCUT2D eigenvalue weighted by atomic mass is 10.1. The lowest BCUT2D eigenvalue weighted by Gasteiger charge is -2.18. The first-order valence-corrected chi connectivity index (χ1v) is 7.84. The molecule has 0 atom stereocenters. The molecule has 0 bridgehead atoms. The van der Waals surface area contributed by atoms with Crippen LogP contribution in [-0.2, 0) is 6.54 Å². The molecule has 3 N–H and O–H groups in total. The first kappa shape index (κ1) is 18.5. The maximum atomic E-state index is 12.6. The Morgan fingerprint density at radius 1 is 1.28 bits per heavy atom. The molecule has 2 rings (SSSR count). The predicted molar refractivity (Wildman–Crippen MR) is 94.9 cm³/mol. The summed E-state index contributed by atoms with van der Waals surface area (Å²) in [5.41, 5.74) is 6.80. The number of carbonyl (C=O) groups is 1. The summed E-state index contributed by atoms with van der Waals surface area (Å²) in [6.45, 7) is 1.12. The highest BCUT2D eigenvalue weighted by Crippen LogP contribution is 2.28. The van der Waals surface area contributed by atoms with Crippen LogP contribution in [0.4, 0.5) is 5.95 Å². The van der Waals surface area contributed by atoms with E-state index in [1.165, 1.54) is 0 Å². The molecule has 0 aliphatic heterocycles. The molecule has 0 radical (unpaired) electrons. The first-order chi connectivity index (χ1) is 12.1. The molecule has 1 amide bonds. The van der Waals surface area contributed by atoms with Crippen molar-refractivity contribution in [3.63, 3.8) is 0 Å². The van der Waals surface area contributed by atoms with Gasteiger partial charge in [0.2, 0.25) is 5.95 Å². The molecule has 134 valence electrons. The van der Waals surface area contributed by atoms with Gasteiger partial charge >= 0.3 is 0 Å². The summed E-state index contributed by atoms with van der Waals surface area (Å²) in [6.07, 6.45) is 3.37. The van der Waals surface area contributed by atoms with E-state index in [4.69, 9.17) is 15.2 Å². The van der Waals surface area contributed by atoms with Crippen molar-refractivity contribution in [2.24, 2.45) is 5.73 Å². The number of hydrogen-bond donors (Lipinski definition) is 2. The maximum Gasteiger partial charge on any atom is 0.254 e. The fourth-order valence-corrected chi connectivity index (χ4v) is 2.22. The zero-order valence-corrected chi connectivity index (χ0v) is 14.7. The molecule has 0 saturated heterocycles. The molecule has 8 heteroatoms. The number of anilines is 1. The summed E-state index contributed by atoms with van der Waals surface area (Å²) < 4.78 is 10.8. The van der Waals surface area contributed by atoms with E-state index >= 15 is 0 Å². The van der Waals surface area contributed by atoms with Gasteiger partial charge in [0.15, 0.2) is 11.5 Å². The second-order valence-corrected chi connectivity index (χ2v) is 5.33. The second kappa shape index (κ2) is 8.84. The average molecular weight is 345 g/mol. The van der Waals surface area contributed by atoms with Crippen LogP contribution in [0.15, 0.2) is 30.6 Å². The monoisotopic (exact) mass is 345 g/mol. The molecule has 0 unspecified atom stereocenters. The van der Waals surface area contributed by atoms with Crippen LogP contribution in [0.3, 0.4) is 0 Å². The van der Waals surface area contributed by atoms with E-state index in [9.17, 15) is 4.79 Å². The third-order valence-corrected chi connectivity index (χ3v) is 3.48. The Morgan fingerprint density at radius 3 is 2.60 bits per heavy atom. The highest BCUT2D eigenvalue weighted by atomic mass is 16.5. The SMILES string of the molecule is CNc1ncc(CN(C)C(=O)c2ccc(OC)c(OCCN)c2)cn1. The minimum absolute atomic E-state index is 0.141. The number of hydrogen-bond acceptors (Lipinski definition) is 7. The van der Waals surface area contributed by atoms with Crippen LogP contribution in [0, 0.1) is 0 Å². The fraction of sp³-hybridized carbons (Fsp3) is 0.353. The summed E-state index contributed by atoms with van der Waals surface area (Å²) in [6, 6.07) is 5.07. The third kappa shape index (κ3) is 4.80. The Morgan fingerprint density at radius 2 is 2.00 bits per heavy atom. The molecule has 0 aliphatic carbocycles. The topological polar surface area (TPSA) is 103 Å². The van der Waals surface area contributed by atoms with Gasteiger partial charge in [-0.1, -0.05) is 0 Å². The van der Waals surface area contributed by atoms with E-state index < -0.39 is 0 Å². The molecule has 8 nitrogen and oxygen atoms in total. The van der Waals surface area contributed by atoms with Gasteiger partial charge in [0, 0.05) is 50.7 Å². The van der Waals surface area contributed by atoms with Gasteiger partial charge in [0.05, 0.1) is 7.11 Å². The van der Waals surface area contributed by atoms with Gasteiger partial charge in [-0.25, -0.2) is 9.97 Å². The lowest BCUT2D eigenvalue weighted by molar-refractivity contribution is 0.0784. The van der Waals surface area contributed by atoms with Crippen LogP contribution < -0.4 is 20.5 Å². The lowest BCUT2D eigenvalue weighted by Crippen LogP contribution is -2.26. The summed E-state index contributed by atoms with van der Waals surface area (Å²) in [7, 11) is 5.02. The zero-order valence-electron chi connectivity index (χ0n) is 14.7. The van der Waals surface area contributed by atoms with Gasteiger partial charge in [-0.2, -0.15) is 0 Å². The molecule has 0 fully saturated rings. The van der Waals surface area contributed by atoms with Crippen LogP contribution in [0.25, 0.3) is 0 Å². The molecule has 1 aromatic carbocycles. The molecule has 1 heterocycles.